The molecule has 0 unspecified atom stereocenters. The van der Waals surface area contributed by atoms with Crippen LogP contribution in [0.1, 0.15) is 17.3 Å². The molecule has 0 bridgehead atoms. The van der Waals surface area contributed by atoms with Crippen LogP contribution in [0.5, 0.6) is 0 Å². The third kappa shape index (κ3) is 4.18. The van der Waals surface area contributed by atoms with Gasteiger partial charge < -0.3 is 5.11 Å². The molecule has 82 valence electrons. The summed E-state index contributed by atoms with van der Waals surface area (Å²) in [6, 6.07) is 7.15. The van der Waals surface area contributed by atoms with Crippen LogP contribution in [0, 0.1) is 0 Å². The van der Waals surface area contributed by atoms with Crippen LogP contribution in [0.25, 0.3) is 0 Å². The molecule has 0 fully saturated rings. The van der Waals surface area contributed by atoms with Gasteiger partial charge in [-0.1, -0.05) is 19.1 Å². The van der Waals surface area contributed by atoms with Gasteiger partial charge >= 0.3 is 5.97 Å². The monoisotopic (exact) mass is 242 g/mol. The number of thioether (sulfide) groups is 2. The van der Waals surface area contributed by atoms with Gasteiger partial charge in [0.05, 0.1) is 5.56 Å². The Morgan fingerprint density at radius 1 is 1.33 bits per heavy atom. The minimum absolute atomic E-state index is 0.406. The predicted molar refractivity (Wildman–Crippen MR) is 67.1 cm³/mol. The molecule has 0 aliphatic rings. The molecule has 1 rings (SSSR count). The number of hydrogen-bond acceptors (Lipinski definition) is 3. The van der Waals surface area contributed by atoms with Gasteiger partial charge in [0.2, 0.25) is 0 Å². The predicted octanol–water partition coefficient (Wildman–Crippen LogP) is 3.23. The van der Waals surface area contributed by atoms with Crippen LogP contribution in [-0.4, -0.2) is 28.3 Å². The largest absolute Gasteiger partial charge is 0.478 e. The number of carbonyl (C=O) groups is 1. The van der Waals surface area contributed by atoms with E-state index in [1.165, 1.54) is 0 Å². The molecule has 0 amide bonds. The maximum atomic E-state index is 10.9. The summed E-state index contributed by atoms with van der Waals surface area (Å²) in [7, 11) is 0. The average molecular weight is 242 g/mol. The maximum Gasteiger partial charge on any atom is 0.336 e. The molecule has 0 aliphatic carbocycles. The molecule has 2 nitrogen and oxygen atoms in total. The first-order valence-corrected chi connectivity index (χ1v) is 6.92. The first-order valence-electron chi connectivity index (χ1n) is 4.78. The van der Waals surface area contributed by atoms with Gasteiger partial charge in [-0.25, -0.2) is 4.79 Å². The number of carboxylic acid groups (broad SMARTS) is 1. The Hall–Kier alpha value is -0.610. The van der Waals surface area contributed by atoms with Gasteiger partial charge in [-0.2, -0.15) is 11.8 Å². The Morgan fingerprint density at radius 3 is 2.73 bits per heavy atom. The molecule has 4 heteroatoms. The Bertz CT molecular complexity index is 326. The number of carboxylic acids is 1. The van der Waals surface area contributed by atoms with Crippen molar-refractivity contribution in [1.82, 2.24) is 0 Å². The fourth-order valence-electron chi connectivity index (χ4n) is 1.12. The summed E-state index contributed by atoms with van der Waals surface area (Å²) < 4.78 is 0. The Balaban J connectivity index is 2.56. The Morgan fingerprint density at radius 2 is 2.07 bits per heavy atom. The standard InChI is InChI=1S/C11H14O2S2/c1-2-14-7-8-15-10-6-4-3-5-9(10)11(12)13/h3-6H,2,7-8H2,1H3,(H,12,13). The molecule has 15 heavy (non-hydrogen) atoms. The first-order chi connectivity index (χ1) is 7.25. The number of aromatic carboxylic acids is 1. The van der Waals surface area contributed by atoms with E-state index >= 15 is 0 Å². The van der Waals surface area contributed by atoms with E-state index in [4.69, 9.17) is 5.11 Å². The van der Waals surface area contributed by atoms with Crippen LogP contribution < -0.4 is 0 Å². The van der Waals surface area contributed by atoms with Gasteiger partial charge in [0.1, 0.15) is 0 Å². The molecule has 0 radical (unpaired) electrons. The maximum absolute atomic E-state index is 10.9. The third-order valence-corrected chi connectivity index (χ3v) is 4.04. The van der Waals surface area contributed by atoms with Crippen LogP contribution in [0.15, 0.2) is 29.2 Å². The number of benzene rings is 1. The zero-order valence-electron chi connectivity index (χ0n) is 8.60. The van der Waals surface area contributed by atoms with Crippen molar-refractivity contribution in [3.63, 3.8) is 0 Å². The van der Waals surface area contributed by atoms with Gasteiger partial charge in [0.25, 0.3) is 0 Å². The van der Waals surface area contributed by atoms with Gasteiger partial charge in [0, 0.05) is 16.4 Å². The van der Waals surface area contributed by atoms with Crippen molar-refractivity contribution < 1.29 is 9.90 Å². The van der Waals surface area contributed by atoms with Gasteiger partial charge in [-0.05, 0) is 17.9 Å². The highest BCUT2D eigenvalue weighted by molar-refractivity contribution is 8.03. The molecule has 0 aliphatic heterocycles. The molecule has 1 aromatic rings. The highest BCUT2D eigenvalue weighted by Gasteiger charge is 2.08. The molecule has 0 aromatic heterocycles. The SMILES string of the molecule is CCSCCSc1ccccc1C(=O)O. The third-order valence-electron chi connectivity index (χ3n) is 1.81. The summed E-state index contributed by atoms with van der Waals surface area (Å²) in [5.74, 6) is 2.29. The lowest BCUT2D eigenvalue weighted by Crippen LogP contribution is -1.98. The first kappa shape index (κ1) is 12.5. The fourth-order valence-corrected chi connectivity index (χ4v) is 2.92. The van der Waals surface area contributed by atoms with Crippen molar-refractivity contribution in [1.29, 1.82) is 0 Å². The summed E-state index contributed by atoms with van der Waals surface area (Å²) in [6.45, 7) is 2.13. The van der Waals surface area contributed by atoms with Crippen LogP contribution in [0.3, 0.4) is 0 Å². The minimum atomic E-state index is -0.846. The summed E-state index contributed by atoms with van der Waals surface area (Å²) in [5.41, 5.74) is 0.406. The van der Waals surface area contributed by atoms with Crippen LogP contribution in [0.2, 0.25) is 0 Å². The van der Waals surface area contributed by atoms with Crippen molar-refractivity contribution in [2.45, 2.75) is 11.8 Å². The molecule has 0 heterocycles. The van der Waals surface area contributed by atoms with E-state index < -0.39 is 5.97 Å². The summed E-state index contributed by atoms with van der Waals surface area (Å²) in [6.07, 6.45) is 0. The van der Waals surface area contributed by atoms with Crippen LogP contribution >= 0.6 is 23.5 Å². The lowest BCUT2D eigenvalue weighted by atomic mass is 10.2. The van der Waals surface area contributed by atoms with Gasteiger partial charge in [-0.15, -0.1) is 11.8 Å². The van der Waals surface area contributed by atoms with Crippen molar-refractivity contribution in [2.75, 3.05) is 17.3 Å². The quantitative estimate of drug-likeness (QED) is 0.614. The smallest absolute Gasteiger partial charge is 0.336 e. The molecule has 1 N–H and O–H groups in total. The second-order valence-corrected chi connectivity index (χ2v) is 5.38. The average Bonchev–Trinajstić information content (AvgIpc) is 2.25. The molecule has 1 aromatic carbocycles. The Labute approximate surface area is 98.5 Å². The summed E-state index contributed by atoms with van der Waals surface area (Å²) in [4.78, 5) is 11.8. The number of rotatable bonds is 6. The molecule has 0 spiro atoms. The lowest BCUT2D eigenvalue weighted by Gasteiger charge is -2.04. The lowest BCUT2D eigenvalue weighted by molar-refractivity contribution is 0.0693. The second-order valence-electron chi connectivity index (χ2n) is 2.85. The van der Waals surface area contributed by atoms with Gasteiger partial charge in [-0.3, -0.25) is 0 Å². The van der Waals surface area contributed by atoms with Crippen LogP contribution in [0.4, 0.5) is 0 Å². The van der Waals surface area contributed by atoms with Crippen molar-refractivity contribution in [2.24, 2.45) is 0 Å². The van der Waals surface area contributed by atoms with E-state index in [2.05, 4.69) is 6.92 Å². The van der Waals surface area contributed by atoms with Crippen molar-refractivity contribution in [3.05, 3.63) is 29.8 Å². The normalized spacial score (nSPS) is 10.2. The van der Waals surface area contributed by atoms with E-state index in [1.54, 1.807) is 23.9 Å². The fraction of sp³-hybridized carbons (Fsp3) is 0.364. The van der Waals surface area contributed by atoms with Gasteiger partial charge in [0.15, 0.2) is 0 Å². The zero-order chi connectivity index (χ0) is 11.1. The Kier molecular flexibility index (Phi) is 5.65. The molecule has 0 saturated carbocycles. The second kappa shape index (κ2) is 6.80. The van der Waals surface area contributed by atoms with E-state index in [0.717, 1.165) is 22.2 Å². The topological polar surface area (TPSA) is 37.3 Å². The van der Waals surface area contributed by atoms with E-state index in [1.807, 2.05) is 23.9 Å². The molecular formula is C11H14O2S2. The van der Waals surface area contributed by atoms with Crippen LogP contribution in [-0.2, 0) is 0 Å². The summed E-state index contributed by atoms with van der Waals surface area (Å²) >= 11 is 3.49. The van der Waals surface area contributed by atoms with Crippen molar-refractivity contribution >= 4 is 29.5 Å². The minimum Gasteiger partial charge on any atom is -0.478 e. The van der Waals surface area contributed by atoms with E-state index in [9.17, 15) is 4.79 Å². The molecule has 0 atom stereocenters. The van der Waals surface area contributed by atoms with E-state index in [0.29, 0.717) is 5.56 Å². The highest BCUT2D eigenvalue weighted by Crippen LogP contribution is 2.23. The van der Waals surface area contributed by atoms with E-state index in [-0.39, 0.29) is 0 Å². The number of hydrogen-bond donors (Lipinski definition) is 1. The zero-order valence-corrected chi connectivity index (χ0v) is 10.2. The molecule has 0 saturated heterocycles. The van der Waals surface area contributed by atoms with Crippen molar-refractivity contribution in [3.8, 4) is 0 Å². The summed E-state index contributed by atoms with van der Waals surface area (Å²) in [5, 5.41) is 8.95. The molecular weight excluding hydrogens is 228 g/mol. The highest BCUT2D eigenvalue weighted by atomic mass is 32.2.